The van der Waals surface area contributed by atoms with Crippen LogP contribution < -0.4 is 5.73 Å². The van der Waals surface area contributed by atoms with Crippen LogP contribution in [0.2, 0.25) is 0 Å². The van der Waals surface area contributed by atoms with Crippen LogP contribution >= 0.6 is 0 Å². The second-order valence-corrected chi connectivity index (χ2v) is 1.67. The molecule has 0 aliphatic rings. The van der Waals surface area contributed by atoms with E-state index in [1.807, 2.05) is 0 Å². The van der Waals surface area contributed by atoms with Crippen molar-refractivity contribution in [2.45, 2.75) is 0 Å². The predicted molar refractivity (Wildman–Crippen MR) is 47.9 cm³/mol. The fourth-order valence-electron chi connectivity index (χ4n) is 0.426. The molecule has 0 saturated carbocycles. The highest BCUT2D eigenvalue weighted by molar-refractivity contribution is 5.90. The van der Waals surface area contributed by atoms with E-state index in [2.05, 4.69) is 9.97 Å². The first-order chi connectivity index (χ1) is 7.13. The molecular formula is C7H9N3O5. The van der Waals surface area contributed by atoms with Crippen LogP contribution in [0.5, 0.6) is 0 Å². The lowest BCUT2D eigenvalue weighted by Gasteiger charge is -1.87. The van der Waals surface area contributed by atoms with Crippen LogP contribution in [0.4, 0.5) is 0 Å². The van der Waals surface area contributed by atoms with Gasteiger partial charge in [-0.05, 0) is 0 Å². The molecule has 0 spiro atoms. The summed E-state index contributed by atoms with van der Waals surface area (Å²) in [5.41, 5.74) is 5.06. The molecule has 0 aliphatic heterocycles. The molecule has 8 nitrogen and oxygen atoms in total. The first-order valence-corrected chi connectivity index (χ1v) is 3.35. The number of hydrogen-bond donors (Lipinski definition) is 3. The fourth-order valence-corrected chi connectivity index (χ4v) is 0.426. The minimum Gasteiger partial charge on any atom is -0.483 e. The van der Waals surface area contributed by atoms with Crippen molar-refractivity contribution in [1.82, 2.24) is 9.97 Å². The lowest BCUT2D eigenvalue weighted by molar-refractivity contribution is -0.123. The molecule has 0 radical (unpaired) electrons. The Morgan fingerprint density at radius 3 is 1.93 bits per heavy atom. The molecule has 0 fully saturated rings. The van der Waals surface area contributed by atoms with Gasteiger partial charge < -0.3 is 15.9 Å². The third-order valence-corrected chi connectivity index (χ3v) is 0.816. The number of carbonyl (C=O) groups excluding carboxylic acids is 1. The summed E-state index contributed by atoms with van der Waals surface area (Å²) < 4.78 is 0. The number of hydrogen-bond acceptors (Lipinski definition) is 5. The normalized spacial score (nSPS) is 6.93. The van der Waals surface area contributed by atoms with Gasteiger partial charge in [0.2, 0.25) is 0 Å². The largest absolute Gasteiger partial charge is 0.483 e. The molecule has 4 N–H and O–H groups in total. The zero-order valence-corrected chi connectivity index (χ0v) is 7.48. The molecule has 1 amide bonds. The Bertz CT molecular complexity index is 284. The van der Waals surface area contributed by atoms with Gasteiger partial charge in [-0.25, -0.2) is 4.98 Å². The van der Waals surface area contributed by atoms with Crippen molar-refractivity contribution < 1.29 is 24.6 Å². The monoisotopic (exact) mass is 215 g/mol. The van der Waals surface area contributed by atoms with Crippen molar-refractivity contribution in [2.24, 2.45) is 5.73 Å². The van der Waals surface area contributed by atoms with Crippen LogP contribution in [0.15, 0.2) is 18.6 Å². The molecule has 1 aromatic heterocycles. The Kier molecular flexibility index (Phi) is 11.5. The number of rotatable bonds is 1. The molecular weight excluding hydrogens is 206 g/mol. The summed E-state index contributed by atoms with van der Waals surface area (Å²) in [6, 6.07) is 0. The SMILES string of the molecule is NC(=O)c1cnccn1.O=CO.O=CO. The van der Waals surface area contributed by atoms with Gasteiger partial charge in [0.1, 0.15) is 5.69 Å². The van der Waals surface area contributed by atoms with Gasteiger partial charge in [-0.15, -0.1) is 0 Å². The number of carboxylic acid groups (broad SMARTS) is 2. The van der Waals surface area contributed by atoms with Crippen LogP contribution in [0.1, 0.15) is 10.5 Å². The molecule has 0 bridgehead atoms. The lowest BCUT2D eigenvalue weighted by Crippen LogP contribution is -2.12. The van der Waals surface area contributed by atoms with Gasteiger partial charge in [0.25, 0.3) is 18.9 Å². The number of carbonyl (C=O) groups is 3. The average molecular weight is 215 g/mol. The topological polar surface area (TPSA) is 143 Å². The highest BCUT2D eigenvalue weighted by Gasteiger charge is 1.97. The number of nitrogens with two attached hydrogens (primary N) is 1. The number of aromatic nitrogens is 2. The second-order valence-electron chi connectivity index (χ2n) is 1.67. The summed E-state index contributed by atoms with van der Waals surface area (Å²) in [5.74, 6) is -0.553. The number of nitrogens with zero attached hydrogens (tertiary/aromatic N) is 2. The highest BCUT2D eigenvalue weighted by Crippen LogP contribution is 1.84. The van der Waals surface area contributed by atoms with Gasteiger partial charge >= 0.3 is 0 Å². The van der Waals surface area contributed by atoms with E-state index >= 15 is 0 Å². The van der Waals surface area contributed by atoms with Crippen molar-refractivity contribution >= 4 is 18.9 Å². The smallest absolute Gasteiger partial charge is 0.290 e. The summed E-state index contributed by atoms with van der Waals surface area (Å²) in [5, 5.41) is 13.8. The molecule has 0 aromatic carbocycles. The van der Waals surface area contributed by atoms with Crippen molar-refractivity contribution in [1.29, 1.82) is 0 Å². The van der Waals surface area contributed by atoms with Crippen molar-refractivity contribution in [3.63, 3.8) is 0 Å². The molecule has 0 unspecified atom stereocenters. The Hall–Kier alpha value is -2.51. The molecule has 82 valence electrons. The Labute approximate surface area is 84.4 Å². The summed E-state index contributed by atoms with van der Waals surface area (Å²) in [4.78, 5) is 34.3. The molecule has 0 saturated heterocycles. The third kappa shape index (κ3) is 11.5. The standard InChI is InChI=1S/C5H5N3O.2CH2O2/c6-5(9)4-3-7-1-2-8-4;2*2-1-3/h1-3H,(H2,6,9);2*1H,(H,2,3). The lowest BCUT2D eigenvalue weighted by atomic mass is 10.4. The zero-order chi connectivity index (χ0) is 12.1. The number of primary amides is 1. The zero-order valence-electron chi connectivity index (χ0n) is 7.48. The first kappa shape index (κ1) is 15.0. The van der Waals surface area contributed by atoms with Crippen LogP contribution in [-0.2, 0) is 9.59 Å². The molecule has 1 aromatic rings. The van der Waals surface area contributed by atoms with Gasteiger partial charge in [0.15, 0.2) is 0 Å². The molecule has 8 heteroatoms. The second kappa shape index (κ2) is 11.5. The quantitative estimate of drug-likeness (QED) is 0.508. The van der Waals surface area contributed by atoms with Crippen LogP contribution in [0, 0.1) is 0 Å². The molecule has 15 heavy (non-hydrogen) atoms. The maximum absolute atomic E-state index is 10.3. The summed E-state index contributed by atoms with van der Waals surface area (Å²) in [7, 11) is 0. The average Bonchev–Trinajstić information content (AvgIpc) is 2.21. The minimum atomic E-state index is -0.553. The van der Waals surface area contributed by atoms with E-state index in [0.717, 1.165) is 0 Å². The third-order valence-electron chi connectivity index (χ3n) is 0.816. The minimum absolute atomic E-state index is 0.192. The Morgan fingerprint density at radius 1 is 1.27 bits per heavy atom. The van der Waals surface area contributed by atoms with E-state index < -0.39 is 5.91 Å². The predicted octanol–water partition coefficient (Wildman–Crippen LogP) is -1.02. The first-order valence-electron chi connectivity index (χ1n) is 3.35. The summed E-state index contributed by atoms with van der Waals surface area (Å²) in [6.07, 6.45) is 4.22. The Morgan fingerprint density at radius 2 is 1.73 bits per heavy atom. The molecule has 0 aliphatic carbocycles. The van der Waals surface area contributed by atoms with E-state index in [1.54, 1.807) is 0 Å². The maximum atomic E-state index is 10.3. The molecule has 0 atom stereocenters. The van der Waals surface area contributed by atoms with Crippen LogP contribution in [0.25, 0.3) is 0 Å². The summed E-state index contributed by atoms with van der Waals surface area (Å²) >= 11 is 0. The molecule has 1 rings (SSSR count). The molecule has 1 heterocycles. The maximum Gasteiger partial charge on any atom is 0.290 e. The van der Waals surface area contributed by atoms with Gasteiger partial charge in [-0.3, -0.25) is 19.4 Å². The summed E-state index contributed by atoms with van der Waals surface area (Å²) in [6.45, 7) is -0.500. The van der Waals surface area contributed by atoms with E-state index in [4.69, 9.17) is 25.5 Å². The van der Waals surface area contributed by atoms with Crippen LogP contribution in [0.3, 0.4) is 0 Å². The van der Waals surface area contributed by atoms with Gasteiger partial charge in [-0.1, -0.05) is 0 Å². The van der Waals surface area contributed by atoms with Crippen molar-refractivity contribution in [3.05, 3.63) is 24.3 Å². The van der Waals surface area contributed by atoms with E-state index in [1.165, 1.54) is 18.6 Å². The van der Waals surface area contributed by atoms with Crippen molar-refractivity contribution in [2.75, 3.05) is 0 Å². The van der Waals surface area contributed by atoms with Gasteiger partial charge in [0, 0.05) is 12.4 Å². The van der Waals surface area contributed by atoms with Crippen molar-refractivity contribution in [3.8, 4) is 0 Å². The van der Waals surface area contributed by atoms with Crippen LogP contribution in [-0.4, -0.2) is 39.0 Å². The fraction of sp³-hybridized carbons (Fsp3) is 0. The highest BCUT2D eigenvalue weighted by atomic mass is 16.3. The number of amides is 1. The van der Waals surface area contributed by atoms with E-state index in [-0.39, 0.29) is 18.6 Å². The Balaban J connectivity index is 0. The van der Waals surface area contributed by atoms with E-state index in [9.17, 15) is 4.79 Å². The van der Waals surface area contributed by atoms with Gasteiger partial charge in [0.05, 0.1) is 6.20 Å². The van der Waals surface area contributed by atoms with Gasteiger partial charge in [-0.2, -0.15) is 0 Å². The van der Waals surface area contributed by atoms with E-state index in [0.29, 0.717) is 0 Å².